The van der Waals surface area contributed by atoms with E-state index in [2.05, 4.69) is 31.7 Å². The van der Waals surface area contributed by atoms with Crippen molar-refractivity contribution in [2.24, 2.45) is 5.84 Å². The molecule has 2 aromatic rings. The van der Waals surface area contributed by atoms with Gasteiger partial charge in [0.25, 0.3) is 0 Å². The van der Waals surface area contributed by atoms with E-state index in [1.807, 2.05) is 0 Å². The number of benzene rings is 1. The molecule has 2 rings (SSSR count). The highest BCUT2D eigenvalue weighted by Gasteiger charge is 2.17. The standard InChI is InChI=1S/C11H9BrFN5O2/c12-6-1-2-8(7(13)5-6)15-11-9(18(19)20)3-4-10(16-11)17-14/h1-5H,14H2,(H2,15,16,17). The Bertz CT molecular complexity index is 667. The van der Waals surface area contributed by atoms with Gasteiger partial charge in [-0.1, -0.05) is 15.9 Å². The maximum Gasteiger partial charge on any atom is 0.311 e. The molecule has 0 atom stereocenters. The van der Waals surface area contributed by atoms with Gasteiger partial charge in [-0.15, -0.1) is 0 Å². The minimum atomic E-state index is -0.619. The first-order valence-corrected chi connectivity index (χ1v) is 6.14. The second-order valence-electron chi connectivity index (χ2n) is 3.71. The van der Waals surface area contributed by atoms with Crippen LogP contribution in [0, 0.1) is 15.9 Å². The van der Waals surface area contributed by atoms with Crippen molar-refractivity contribution in [1.82, 2.24) is 4.98 Å². The van der Waals surface area contributed by atoms with Gasteiger partial charge in [0.2, 0.25) is 5.82 Å². The third kappa shape index (κ3) is 3.00. The number of halogens is 2. The van der Waals surface area contributed by atoms with E-state index in [0.29, 0.717) is 4.47 Å². The van der Waals surface area contributed by atoms with E-state index in [1.165, 1.54) is 24.3 Å². The molecule has 0 saturated carbocycles. The Morgan fingerprint density at radius 2 is 2.10 bits per heavy atom. The van der Waals surface area contributed by atoms with Crippen molar-refractivity contribution in [3.05, 3.63) is 50.7 Å². The Kier molecular flexibility index (Phi) is 4.11. The van der Waals surface area contributed by atoms with Crippen LogP contribution >= 0.6 is 15.9 Å². The normalized spacial score (nSPS) is 10.2. The predicted molar refractivity (Wildman–Crippen MR) is 76.1 cm³/mol. The molecule has 0 aliphatic carbocycles. The number of anilines is 3. The van der Waals surface area contributed by atoms with E-state index in [-0.39, 0.29) is 23.0 Å². The number of aromatic nitrogens is 1. The van der Waals surface area contributed by atoms with E-state index < -0.39 is 10.7 Å². The van der Waals surface area contributed by atoms with E-state index in [1.54, 1.807) is 6.07 Å². The van der Waals surface area contributed by atoms with Crippen LogP contribution in [0.3, 0.4) is 0 Å². The van der Waals surface area contributed by atoms with Gasteiger partial charge in [0.15, 0.2) is 0 Å². The molecule has 0 spiro atoms. The van der Waals surface area contributed by atoms with Crippen LogP contribution in [-0.2, 0) is 0 Å². The predicted octanol–water partition coefficient (Wildman–Crippen LogP) is 2.92. The SMILES string of the molecule is NNc1ccc([N+](=O)[O-])c(Nc2ccc(Br)cc2F)n1. The number of nitrogens with zero attached hydrogens (tertiary/aromatic N) is 2. The van der Waals surface area contributed by atoms with Crippen molar-refractivity contribution in [2.75, 3.05) is 10.7 Å². The van der Waals surface area contributed by atoms with Crippen molar-refractivity contribution in [1.29, 1.82) is 0 Å². The van der Waals surface area contributed by atoms with Crippen LogP contribution in [0.2, 0.25) is 0 Å². The number of nitro groups is 1. The number of pyridine rings is 1. The van der Waals surface area contributed by atoms with Crippen molar-refractivity contribution in [3.8, 4) is 0 Å². The summed E-state index contributed by atoms with van der Waals surface area (Å²) in [4.78, 5) is 14.2. The van der Waals surface area contributed by atoms with Crippen LogP contribution in [0.4, 0.5) is 27.4 Å². The molecule has 104 valence electrons. The molecule has 9 heteroatoms. The summed E-state index contributed by atoms with van der Waals surface area (Å²) in [5.41, 5.74) is 2.05. The van der Waals surface area contributed by atoms with Crippen LogP contribution in [-0.4, -0.2) is 9.91 Å². The molecular weight excluding hydrogens is 333 g/mol. The van der Waals surface area contributed by atoms with Gasteiger partial charge in [0.1, 0.15) is 11.6 Å². The third-order valence-corrected chi connectivity index (χ3v) is 2.90. The van der Waals surface area contributed by atoms with Gasteiger partial charge in [-0.25, -0.2) is 15.2 Å². The second kappa shape index (κ2) is 5.80. The Hall–Kier alpha value is -2.26. The minimum absolute atomic E-state index is 0.0676. The van der Waals surface area contributed by atoms with Crippen LogP contribution in [0.25, 0.3) is 0 Å². The molecule has 20 heavy (non-hydrogen) atoms. The highest BCUT2D eigenvalue weighted by Crippen LogP contribution is 2.29. The molecule has 1 aromatic heterocycles. The molecule has 1 aromatic carbocycles. The second-order valence-corrected chi connectivity index (χ2v) is 4.63. The molecule has 4 N–H and O–H groups in total. The first-order valence-electron chi connectivity index (χ1n) is 5.35. The maximum atomic E-state index is 13.7. The lowest BCUT2D eigenvalue weighted by Gasteiger charge is -2.09. The van der Waals surface area contributed by atoms with Crippen LogP contribution < -0.4 is 16.6 Å². The number of nitrogens with two attached hydrogens (primary N) is 1. The van der Waals surface area contributed by atoms with Crippen molar-refractivity contribution < 1.29 is 9.31 Å². The Labute approximate surface area is 121 Å². The summed E-state index contributed by atoms with van der Waals surface area (Å²) in [6, 6.07) is 6.84. The molecule has 0 aliphatic rings. The number of nitrogen functional groups attached to an aromatic ring is 1. The fourth-order valence-corrected chi connectivity index (χ4v) is 1.82. The first-order chi connectivity index (χ1) is 9.51. The Balaban J connectivity index is 2.43. The molecular formula is C11H9BrFN5O2. The van der Waals surface area contributed by atoms with Gasteiger partial charge in [-0.3, -0.25) is 10.1 Å². The fourth-order valence-electron chi connectivity index (χ4n) is 1.49. The molecule has 0 aliphatic heterocycles. The summed E-state index contributed by atoms with van der Waals surface area (Å²) >= 11 is 3.12. The lowest BCUT2D eigenvalue weighted by molar-refractivity contribution is -0.384. The van der Waals surface area contributed by atoms with E-state index in [4.69, 9.17) is 5.84 Å². The highest BCUT2D eigenvalue weighted by molar-refractivity contribution is 9.10. The van der Waals surface area contributed by atoms with Crippen molar-refractivity contribution in [3.63, 3.8) is 0 Å². The zero-order valence-corrected chi connectivity index (χ0v) is 11.5. The van der Waals surface area contributed by atoms with Crippen LogP contribution in [0.15, 0.2) is 34.8 Å². The summed E-state index contributed by atoms with van der Waals surface area (Å²) in [5, 5.41) is 13.5. The van der Waals surface area contributed by atoms with Crippen molar-refractivity contribution in [2.45, 2.75) is 0 Å². The summed E-state index contributed by atoms with van der Waals surface area (Å²) in [5.74, 6) is 4.74. The average molecular weight is 342 g/mol. The average Bonchev–Trinajstić information content (AvgIpc) is 2.41. The van der Waals surface area contributed by atoms with Crippen molar-refractivity contribution >= 4 is 38.9 Å². The lowest BCUT2D eigenvalue weighted by Crippen LogP contribution is -2.10. The summed E-state index contributed by atoms with van der Waals surface area (Å²) in [6.45, 7) is 0. The van der Waals surface area contributed by atoms with E-state index >= 15 is 0 Å². The zero-order chi connectivity index (χ0) is 14.7. The molecule has 0 saturated heterocycles. The third-order valence-electron chi connectivity index (χ3n) is 2.40. The highest BCUT2D eigenvalue weighted by atomic mass is 79.9. The molecule has 0 fully saturated rings. The number of nitrogens with one attached hydrogen (secondary N) is 2. The van der Waals surface area contributed by atoms with Gasteiger partial charge < -0.3 is 10.7 Å². The smallest absolute Gasteiger partial charge is 0.311 e. The first kappa shape index (κ1) is 14.2. The molecule has 7 nitrogen and oxygen atoms in total. The quantitative estimate of drug-likeness (QED) is 0.448. The monoisotopic (exact) mass is 341 g/mol. The van der Waals surface area contributed by atoms with Gasteiger partial charge in [-0.2, -0.15) is 0 Å². The van der Waals surface area contributed by atoms with Gasteiger partial charge in [0, 0.05) is 10.5 Å². The largest absolute Gasteiger partial charge is 0.332 e. The van der Waals surface area contributed by atoms with Crippen LogP contribution in [0.1, 0.15) is 0 Å². The summed E-state index contributed by atoms with van der Waals surface area (Å²) < 4.78 is 14.3. The van der Waals surface area contributed by atoms with Gasteiger partial charge >= 0.3 is 5.69 Å². The summed E-state index contributed by atoms with van der Waals surface area (Å²) in [6.07, 6.45) is 0. The maximum absolute atomic E-state index is 13.7. The van der Waals surface area contributed by atoms with Crippen LogP contribution in [0.5, 0.6) is 0 Å². The molecule has 0 bridgehead atoms. The lowest BCUT2D eigenvalue weighted by atomic mass is 10.3. The van der Waals surface area contributed by atoms with Gasteiger partial charge in [-0.05, 0) is 24.3 Å². The molecule has 0 unspecified atom stereocenters. The number of rotatable bonds is 4. The number of hydrogen-bond donors (Lipinski definition) is 3. The topological polar surface area (TPSA) is 106 Å². The summed E-state index contributed by atoms with van der Waals surface area (Å²) in [7, 11) is 0. The zero-order valence-electron chi connectivity index (χ0n) is 9.93. The number of hydrogen-bond acceptors (Lipinski definition) is 6. The Morgan fingerprint density at radius 3 is 2.70 bits per heavy atom. The molecule has 0 amide bonds. The molecule has 1 heterocycles. The number of hydrazine groups is 1. The Morgan fingerprint density at radius 1 is 1.35 bits per heavy atom. The van der Waals surface area contributed by atoms with E-state index in [0.717, 1.165) is 0 Å². The fraction of sp³-hybridized carbons (Fsp3) is 0. The minimum Gasteiger partial charge on any atom is -0.332 e. The molecule has 0 radical (unpaired) electrons. The van der Waals surface area contributed by atoms with E-state index in [9.17, 15) is 14.5 Å². The van der Waals surface area contributed by atoms with Gasteiger partial charge in [0.05, 0.1) is 10.6 Å².